The number of aromatic carboxylic acids is 1. The molecule has 1 saturated heterocycles. The number of likely N-dealkylation sites (tertiary alicyclic amines) is 1. The Hall–Kier alpha value is -3.06. The van der Waals surface area contributed by atoms with Crippen molar-refractivity contribution < 1.29 is 9.90 Å². The molecule has 138 valence electrons. The van der Waals surface area contributed by atoms with Crippen LogP contribution in [0.1, 0.15) is 40.4 Å². The average Bonchev–Trinajstić information content (AvgIpc) is 3.23. The highest BCUT2D eigenvalue weighted by molar-refractivity contribution is 5.87. The topological polar surface area (TPSA) is 95.0 Å². The molecule has 7 heteroatoms. The van der Waals surface area contributed by atoms with Crippen LogP contribution < -0.4 is 0 Å². The Balaban J connectivity index is 1.48. The Kier molecular flexibility index (Phi) is 4.93. The van der Waals surface area contributed by atoms with Crippen molar-refractivity contribution in [1.82, 2.24) is 24.8 Å². The highest BCUT2D eigenvalue weighted by Crippen LogP contribution is 2.27. The second kappa shape index (κ2) is 7.67. The lowest BCUT2D eigenvalue weighted by molar-refractivity contribution is 0.0696. The SMILES string of the molecule is O=C(O)c1cccc(CN2CCC[C@@H](c3cncc(-c4ncc[nH]4)n3)C2)c1. The molecule has 1 aliphatic heterocycles. The van der Waals surface area contributed by atoms with Gasteiger partial charge in [0.2, 0.25) is 0 Å². The number of imidazole rings is 1. The first kappa shape index (κ1) is 17.4. The summed E-state index contributed by atoms with van der Waals surface area (Å²) in [5.41, 5.74) is 3.08. The summed E-state index contributed by atoms with van der Waals surface area (Å²) in [6, 6.07) is 7.16. The van der Waals surface area contributed by atoms with E-state index in [1.54, 1.807) is 36.8 Å². The van der Waals surface area contributed by atoms with Gasteiger partial charge in [0.15, 0.2) is 5.82 Å². The summed E-state index contributed by atoms with van der Waals surface area (Å²) in [4.78, 5) is 30.0. The van der Waals surface area contributed by atoms with Crippen molar-refractivity contribution in [3.8, 4) is 11.5 Å². The van der Waals surface area contributed by atoms with E-state index in [4.69, 9.17) is 4.98 Å². The van der Waals surface area contributed by atoms with Gasteiger partial charge in [0.25, 0.3) is 0 Å². The van der Waals surface area contributed by atoms with E-state index in [-0.39, 0.29) is 0 Å². The number of carboxylic acid groups (broad SMARTS) is 1. The lowest BCUT2D eigenvalue weighted by Crippen LogP contribution is -2.34. The van der Waals surface area contributed by atoms with Gasteiger partial charge in [-0.15, -0.1) is 0 Å². The molecule has 0 aliphatic carbocycles. The Bertz CT molecular complexity index is 926. The number of H-pyrrole nitrogens is 1. The van der Waals surface area contributed by atoms with Crippen LogP contribution in [0.2, 0.25) is 0 Å². The van der Waals surface area contributed by atoms with Crippen LogP contribution in [-0.2, 0) is 6.54 Å². The fourth-order valence-corrected chi connectivity index (χ4v) is 3.60. The summed E-state index contributed by atoms with van der Waals surface area (Å²) in [5, 5.41) is 9.17. The maximum atomic E-state index is 11.2. The van der Waals surface area contributed by atoms with E-state index in [0.717, 1.165) is 55.3 Å². The molecule has 0 unspecified atom stereocenters. The molecule has 1 aromatic carbocycles. The molecule has 2 aromatic heterocycles. The van der Waals surface area contributed by atoms with Crippen molar-refractivity contribution in [2.75, 3.05) is 13.1 Å². The van der Waals surface area contributed by atoms with Gasteiger partial charge in [-0.3, -0.25) is 9.88 Å². The van der Waals surface area contributed by atoms with Crippen LogP contribution in [0.4, 0.5) is 0 Å². The van der Waals surface area contributed by atoms with Gasteiger partial charge in [0, 0.05) is 37.6 Å². The molecule has 7 nitrogen and oxygen atoms in total. The summed E-state index contributed by atoms with van der Waals surface area (Å²) in [6.07, 6.45) is 9.19. The third-order valence-corrected chi connectivity index (χ3v) is 4.90. The number of benzene rings is 1. The summed E-state index contributed by atoms with van der Waals surface area (Å²) in [5.74, 6) is 0.143. The number of carboxylic acids is 1. The lowest BCUT2D eigenvalue weighted by atomic mass is 9.94. The van der Waals surface area contributed by atoms with E-state index in [9.17, 15) is 9.90 Å². The van der Waals surface area contributed by atoms with Crippen LogP contribution in [0.15, 0.2) is 49.1 Å². The third kappa shape index (κ3) is 4.03. The van der Waals surface area contributed by atoms with Crippen LogP contribution in [0, 0.1) is 0 Å². The molecule has 0 amide bonds. The van der Waals surface area contributed by atoms with E-state index in [1.165, 1.54) is 0 Å². The molecule has 4 rings (SSSR count). The third-order valence-electron chi connectivity index (χ3n) is 4.90. The summed E-state index contributed by atoms with van der Waals surface area (Å²) >= 11 is 0. The predicted octanol–water partition coefficient (Wildman–Crippen LogP) is 2.94. The Morgan fingerprint density at radius 3 is 3.07 bits per heavy atom. The first-order chi connectivity index (χ1) is 13.2. The van der Waals surface area contributed by atoms with Gasteiger partial charge in [0.1, 0.15) is 5.69 Å². The number of hydrogen-bond acceptors (Lipinski definition) is 5. The Morgan fingerprint density at radius 1 is 1.33 bits per heavy atom. The van der Waals surface area contributed by atoms with Crippen molar-refractivity contribution in [2.45, 2.75) is 25.3 Å². The van der Waals surface area contributed by atoms with Crippen molar-refractivity contribution in [2.24, 2.45) is 0 Å². The molecule has 3 heterocycles. The van der Waals surface area contributed by atoms with Crippen LogP contribution in [-0.4, -0.2) is 49.0 Å². The van der Waals surface area contributed by atoms with E-state index in [1.807, 2.05) is 12.3 Å². The van der Waals surface area contributed by atoms with Gasteiger partial charge in [0.05, 0.1) is 17.5 Å². The number of piperidine rings is 1. The zero-order valence-corrected chi connectivity index (χ0v) is 14.9. The molecule has 0 radical (unpaired) electrons. The molecule has 0 bridgehead atoms. The molecule has 0 saturated carbocycles. The number of aromatic nitrogens is 4. The first-order valence-corrected chi connectivity index (χ1v) is 9.05. The second-order valence-corrected chi connectivity index (χ2v) is 6.85. The first-order valence-electron chi connectivity index (χ1n) is 9.05. The molecular weight excluding hydrogens is 342 g/mol. The number of nitrogens with one attached hydrogen (secondary N) is 1. The number of rotatable bonds is 5. The quantitative estimate of drug-likeness (QED) is 0.724. The van der Waals surface area contributed by atoms with Crippen LogP contribution in [0.25, 0.3) is 11.5 Å². The molecule has 1 atom stereocenters. The Morgan fingerprint density at radius 2 is 2.26 bits per heavy atom. The Labute approximate surface area is 157 Å². The minimum atomic E-state index is -0.890. The largest absolute Gasteiger partial charge is 0.478 e. The van der Waals surface area contributed by atoms with Gasteiger partial charge < -0.3 is 10.1 Å². The van der Waals surface area contributed by atoms with E-state index < -0.39 is 5.97 Å². The lowest BCUT2D eigenvalue weighted by Gasteiger charge is -2.32. The van der Waals surface area contributed by atoms with Crippen LogP contribution in [0.5, 0.6) is 0 Å². The van der Waals surface area contributed by atoms with Crippen molar-refractivity contribution >= 4 is 5.97 Å². The van der Waals surface area contributed by atoms with Crippen molar-refractivity contribution in [3.63, 3.8) is 0 Å². The van der Waals surface area contributed by atoms with Gasteiger partial charge in [-0.2, -0.15) is 0 Å². The summed E-state index contributed by atoms with van der Waals surface area (Å²) in [6.45, 7) is 2.62. The maximum Gasteiger partial charge on any atom is 0.335 e. The van der Waals surface area contributed by atoms with Crippen LogP contribution in [0.3, 0.4) is 0 Å². The number of hydrogen-bond donors (Lipinski definition) is 2. The molecule has 2 N–H and O–H groups in total. The maximum absolute atomic E-state index is 11.2. The normalized spacial score (nSPS) is 17.7. The fraction of sp³-hybridized carbons (Fsp3) is 0.300. The van der Waals surface area contributed by atoms with Gasteiger partial charge in [-0.25, -0.2) is 14.8 Å². The standard InChI is InChI=1S/C20H21N5O2/c26-20(27)15-4-1-3-14(9-15)12-25-8-2-5-16(13-25)17-10-21-11-18(24-17)19-22-6-7-23-19/h1,3-4,6-7,9-11,16H,2,5,8,12-13H2,(H,22,23)(H,26,27)/t16-/m1/s1. The van der Waals surface area contributed by atoms with Crippen molar-refractivity contribution in [3.05, 3.63) is 65.9 Å². The highest BCUT2D eigenvalue weighted by atomic mass is 16.4. The van der Waals surface area contributed by atoms with Crippen molar-refractivity contribution in [1.29, 1.82) is 0 Å². The molecular formula is C20H21N5O2. The monoisotopic (exact) mass is 363 g/mol. The average molecular weight is 363 g/mol. The van der Waals surface area contributed by atoms with Gasteiger partial charge in [-0.1, -0.05) is 12.1 Å². The molecule has 3 aromatic rings. The molecule has 1 aliphatic rings. The summed E-state index contributed by atoms with van der Waals surface area (Å²) in [7, 11) is 0. The number of aromatic amines is 1. The highest BCUT2D eigenvalue weighted by Gasteiger charge is 2.23. The zero-order valence-electron chi connectivity index (χ0n) is 14.9. The zero-order chi connectivity index (χ0) is 18.6. The second-order valence-electron chi connectivity index (χ2n) is 6.85. The van der Waals surface area contributed by atoms with Crippen LogP contribution >= 0.6 is 0 Å². The molecule has 0 spiro atoms. The fourth-order valence-electron chi connectivity index (χ4n) is 3.60. The van der Waals surface area contributed by atoms with E-state index in [2.05, 4.69) is 19.9 Å². The van der Waals surface area contributed by atoms with E-state index in [0.29, 0.717) is 11.5 Å². The minimum absolute atomic E-state index is 0.309. The minimum Gasteiger partial charge on any atom is -0.478 e. The summed E-state index contributed by atoms with van der Waals surface area (Å²) < 4.78 is 0. The molecule has 27 heavy (non-hydrogen) atoms. The number of carbonyl (C=O) groups is 1. The molecule has 1 fully saturated rings. The van der Waals surface area contributed by atoms with Gasteiger partial charge >= 0.3 is 5.97 Å². The van der Waals surface area contributed by atoms with E-state index >= 15 is 0 Å². The predicted molar refractivity (Wildman–Crippen MR) is 100 cm³/mol. The van der Waals surface area contributed by atoms with Gasteiger partial charge in [-0.05, 0) is 37.1 Å². The number of nitrogens with zero attached hydrogens (tertiary/aromatic N) is 4. The smallest absolute Gasteiger partial charge is 0.335 e.